The minimum atomic E-state index is -0.916. The summed E-state index contributed by atoms with van der Waals surface area (Å²) < 4.78 is 1.36. The van der Waals surface area contributed by atoms with Gasteiger partial charge in [-0.15, -0.1) is 5.10 Å². The number of nitrogens with zero attached hydrogens (tertiary/aromatic N) is 3. The highest BCUT2D eigenvalue weighted by atomic mass is 16.4. The van der Waals surface area contributed by atoms with Gasteiger partial charge in [0, 0.05) is 6.20 Å². The van der Waals surface area contributed by atoms with Crippen molar-refractivity contribution in [2.45, 2.75) is 6.42 Å². The van der Waals surface area contributed by atoms with Gasteiger partial charge < -0.3 is 5.11 Å². The molecule has 11 heavy (non-hydrogen) atoms. The van der Waals surface area contributed by atoms with Crippen molar-refractivity contribution in [2.24, 2.45) is 0 Å². The molecule has 1 N–H and O–H groups in total. The van der Waals surface area contributed by atoms with Crippen LogP contribution in [0.2, 0.25) is 0 Å². The molecule has 58 valence electrons. The fourth-order valence-corrected chi connectivity index (χ4v) is 0.639. The van der Waals surface area contributed by atoms with E-state index in [4.69, 9.17) is 5.11 Å². The number of aromatic nitrogens is 3. The second-order valence-corrected chi connectivity index (χ2v) is 1.94. The number of aliphatic carboxylic acids is 1. The number of carboxylic acids is 1. The molecule has 0 amide bonds. The summed E-state index contributed by atoms with van der Waals surface area (Å²) in [6.07, 6.45) is 2.85. The first kappa shape index (κ1) is 7.46. The second kappa shape index (κ2) is 2.96. The van der Waals surface area contributed by atoms with Gasteiger partial charge in [0.15, 0.2) is 0 Å². The summed E-state index contributed by atoms with van der Waals surface area (Å²) in [6, 6.07) is 0. The van der Waals surface area contributed by atoms with Gasteiger partial charge in [0.05, 0.1) is 18.3 Å². The van der Waals surface area contributed by atoms with Crippen LogP contribution >= 0.6 is 0 Å². The summed E-state index contributed by atoms with van der Waals surface area (Å²) in [7, 11) is 0. The molecule has 0 bridgehead atoms. The van der Waals surface area contributed by atoms with Gasteiger partial charge in [-0.25, -0.2) is 4.68 Å². The molecular formula is C6H7N3O2. The molecule has 0 atom stereocenters. The standard InChI is InChI=1S/C6H7N3O2/c1-2-9-4-5(7-8-9)3-6(10)11/h2,4H,1,3H2,(H,10,11). The first-order valence-corrected chi connectivity index (χ1v) is 2.97. The predicted molar refractivity (Wildman–Crippen MR) is 37.7 cm³/mol. The average Bonchev–Trinajstić information content (AvgIpc) is 2.34. The Hall–Kier alpha value is -1.65. The Kier molecular flexibility index (Phi) is 2.00. The van der Waals surface area contributed by atoms with Gasteiger partial charge in [-0.05, 0) is 0 Å². The maximum absolute atomic E-state index is 10.2. The van der Waals surface area contributed by atoms with E-state index in [1.807, 2.05) is 0 Å². The zero-order valence-electron chi connectivity index (χ0n) is 5.77. The zero-order chi connectivity index (χ0) is 8.27. The van der Waals surface area contributed by atoms with E-state index >= 15 is 0 Å². The van der Waals surface area contributed by atoms with E-state index in [-0.39, 0.29) is 6.42 Å². The lowest BCUT2D eigenvalue weighted by molar-refractivity contribution is -0.136. The Labute approximate surface area is 63.0 Å². The number of carbonyl (C=O) groups is 1. The van der Waals surface area contributed by atoms with Gasteiger partial charge >= 0.3 is 5.97 Å². The molecule has 0 aromatic carbocycles. The van der Waals surface area contributed by atoms with E-state index in [1.54, 1.807) is 0 Å². The fourth-order valence-electron chi connectivity index (χ4n) is 0.639. The van der Waals surface area contributed by atoms with Gasteiger partial charge in [0.1, 0.15) is 0 Å². The third-order valence-corrected chi connectivity index (χ3v) is 1.08. The van der Waals surface area contributed by atoms with E-state index < -0.39 is 5.97 Å². The maximum Gasteiger partial charge on any atom is 0.309 e. The van der Waals surface area contributed by atoms with Crippen LogP contribution in [0.25, 0.3) is 6.20 Å². The van der Waals surface area contributed by atoms with E-state index in [0.29, 0.717) is 5.69 Å². The van der Waals surface area contributed by atoms with E-state index in [1.165, 1.54) is 17.1 Å². The van der Waals surface area contributed by atoms with Gasteiger partial charge in [-0.2, -0.15) is 0 Å². The van der Waals surface area contributed by atoms with Crippen LogP contribution in [0, 0.1) is 0 Å². The molecule has 0 aliphatic heterocycles. The molecular weight excluding hydrogens is 146 g/mol. The third kappa shape index (κ3) is 1.89. The number of hydrogen-bond donors (Lipinski definition) is 1. The topological polar surface area (TPSA) is 68.0 Å². The van der Waals surface area contributed by atoms with Crippen LogP contribution in [0.4, 0.5) is 0 Å². The monoisotopic (exact) mass is 153 g/mol. The highest BCUT2D eigenvalue weighted by molar-refractivity contribution is 5.69. The molecule has 0 fully saturated rings. The molecule has 0 saturated heterocycles. The molecule has 0 aliphatic carbocycles. The summed E-state index contributed by atoms with van der Waals surface area (Å²) in [5.41, 5.74) is 0.428. The summed E-state index contributed by atoms with van der Waals surface area (Å²) in [4.78, 5) is 10.2. The highest BCUT2D eigenvalue weighted by Crippen LogP contribution is 1.93. The van der Waals surface area contributed by atoms with Gasteiger partial charge in [-0.1, -0.05) is 11.8 Å². The Bertz CT molecular complexity index is 279. The van der Waals surface area contributed by atoms with E-state index in [0.717, 1.165) is 0 Å². The van der Waals surface area contributed by atoms with Crippen LogP contribution in [-0.2, 0) is 11.2 Å². The largest absolute Gasteiger partial charge is 0.481 e. The average molecular weight is 153 g/mol. The minimum Gasteiger partial charge on any atom is -0.481 e. The number of hydrogen-bond acceptors (Lipinski definition) is 3. The second-order valence-electron chi connectivity index (χ2n) is 1.94. The van der Waals surface area contributed by atoms with Crippen LogP contribution in [0.1, 0.15) is 5.69 Å². The lowest BCUT2D eigenvalue weighted by atomic mass is 10.3. The molecule has 1 rings (SSSR count). The molecule has 0 saturated carbocycles. The molecule has 1 heterocycles. The van der Waals surface area contributed by atoms with Crippen molar-refractivity contribution in [2.75, 3.05) is 0 Å². The van der Waals surface area contributed by atoms with Crippen LogP contribution < -0.4 is 0 Å². The van der Waals surface area contributed by atoms with Gasteiger partial charge in [0.25, 0.3) is 0 Å². The quantitative estimate of drug-likeness (QED) is 0.663. The minimum absolute atomic E-state index is 0.103. The van der Waals surface area contributed by atoms with Gasteiger partial charge in [-0.3, -0.25) is 4.79 Å². The Balaban J connectivity index is 2.72. The number of rotatable bonds is 3. The summed E-state index contributed by atoms with van der Waals surface area (Å²) in [6.45, 7) is 3.44. The molecule has 0 aliphatic rings. The van der Waals surface area contributed by atoms with Crippen LogP contribution in [0.15, 0.2) is 12.8 Å². The predicted octanol–water partition coefficient (Wildman–Crippen LogP) is 0.00570. The molecule has 0 unspecified atom stereocenters. The molecule has 0 radical (unpaired) electrons. The summed E-state index contributed by atoms with van der Waals surface area (Å²) in [5.74, 6) is -0.916. The maximum atomic E-state index is 10.2. The SMILES string of the molecule is C=Cn1cc(CC(=O)O)nn1. The smallest absolute Gasteiger partial charge is 0.309 e. The third-order valence-electron chi connectivity index (χ3n) is 1.08. The van der Waals surface area contributed by atoms with E-state index in [9.17, 15) is 4.79 Å². The molecule has 0 spiro atoms. The van der Waals surface area contributed by atoms with Crippen molar-refractivity contribution >= 4 is 12.2 Å². The van der Waals surface area contributed by atoms with Crippen molar-refractivity contribution in [1.82, 2.24) is 15.0 Å². The van der Waals surface area contributed by atoms with Crippen molar-refractivity contribution < 1.29 is 9.90 Å². The highest BCUT2D eigenvalue weighted by Gasteiger charge is 2.03. The van der Waals surface area contributed by atoms with Crippen molar-refractivity contribution in [3.63, 3.8) is 0 Å². The van der Waals surface area contributed by atoms with Crippen molar-refractivity contribution in [1.29, 1.82) is 0 Å². The lowest BCUT2D eigenvalue weighted by Crippen LogP contribution is -1.99. The molecule has 5 nitrogen and oxygen atoms in total. The normalized spacial score (nSPS) is 9.45. The fraction of sp³-hybridized carbons (Fsp3) is 0.167. The molecule has 1 aromatic heterocycles. The van der Waals surface area contributed by atoms with Gasteiger partial charge in [0.2, 0.25) is 0 Å². The number of carboxylic acid groups (broad SMARTS) is 1. The molecule has 5 heteroatoms. The van der Waals surface area contributed by atoms with E-state index in [2.05, 4.69) is 16.9 Å². The van der Waals surface area contributed by atoms with Crippen LogP contribution in [-0.4, -0.2) is 26.1 Å². The summed E-state index contributed by atoms with van der Waals surface area (Å²) >= 11 is 0. The van der Waals surface area contributed by atoms with Crippen molar-refractivity contribution in [3.05, 3.63) is 18.5 Å². The Morgan fingerprint density at radius 3 is 3.09 bits per heavy atom. The molecule has 1 aromatic rings. The Morgan fingerprint density at radius 1 is 1.91 bits per heavy atom. The Morgan fingerprint density at radius 2 is 2.64 bits per heavy atom. The van der Waals surface area contributed by atoms with Crippen LogP contribution in [0.3, 0.4) is 0 Å². The first-order valence-electron chi connectivity index (χ1n) is 2.97. The van der Waals surface area contributed by atoms with Crippen LogP contribution in [0.5, 0.6) is 0 Å². The summed E-state index contributed by atoms with van der Waals surface area (Å²) in [5, 5.41) is 15.5. The van der Waals surface area contributed by atoms with Crippen molar-refractivity contribution in [3.8, 4) is 0 Å². The lowest BCUT2D eigenvalue weighted by Gasteiger charge is -1.84. The zero-order valence-corrected chi connectivity index (χ0v) is 5.77. The first-order chi connectivity index (χ1) is 5.22.